The van der Waals surface area contributed by atoms with Gasteiger partial charge in [0.05, 0.1) is 30.1 Å². The maximum Gasteiger partial charge on any atom is 0.297 e. The molecule has 1 amide bonds. The first-order valence-electron chi connectivity index (χ1n) is 13.8. The third kappa shape index (κ3) is 14.8. The Morgan fingerprint density at radius 1 is 0.889 bits per heavy atom. The minimum atomic E-state index is -3.82. The van der Waals surface area contributed by atoms with Crippen LogP contribution in [0, 0.1) is 12.8 Å². The Hall–Kier alpha value is -1.70. The zero-order valence-corrected chi connectivity index (χ0v) is 23.6. The molecule has 0 aromatic heterocycles. The van der Waals surface area contributed by atoms with E-state index in [1.807, 2.05) is 6.92 Å². The van der Waals surface area contributed by atoms with Gasteiger partial charge in [-0.1, -0.05) is 88.1 Å². The van der Waals surface area contributed by atoms with E-state index in [0.29, 0.717) is 6.42 Å². The van der Waals surface area contributed by atoms with Crippen LogP contribution in [0.1, 0.15) is 103 Å². The Balaban J connectivity index is 2.16. The lowest BCUT2D eigenvalue weighted by Gasteiger charge is -2.21. The van der Waals surface area contributed by atoms with Crippen LogP contribution in [-0.4, -0.2) is 33.6 Å². The Morgan fingerprint density at radius 3 is 2.03 bits per heavy atom. The number of carbonyl (C=O) groups is 1. The van der Waals surface area contributed by atoms with Crippen molar-refractivity contribution in [1.29, 1.82) is 0 Å². The van der Waals surface area contributed by atoms with Gasteiger partial charge in [0.2, 0.25) is 5.91 Å². The molecule has 1 rings (SSSR count). The van der Waals surface area contributed by atoms with E-state index in [-0.39, 0.29) is 24.0 Å². The zero-order chi connectivity index (χ0) is 26.7. The summed E-state index contributed by atoms with van der Waals surface area (Å²) in [5.41, 5.74) is 6.57. The summed E-state index contributed by atoms with van der Waals surface area (Å²) in [6.45, 7) is 5.90. The zero-order valence-electron chi connectivity index (χ0n) is 22.8. The van der Waals surface area contributed by atoms with Crippen LogP contribution in [0.2, 0.25) is 0 Å². The Morgan fingerprint density at radius 2 is 1.44 bits per heavy atom. The highest BCUT2D eigenvalue weighted by atomic mass is 32.2. The van der Waals surface area contributed by atoms with Crippen molar-refractivity contribution in [3.05, 3.63) is 42.0 Å². The van der Waals surface area contributed by atoms with Gasteiger partial charge in [-0.2, -0.15) is 8.42 Å². The Labute approximate surface area is 220 Å². The molecule has 0 fully saturated rings. The molecular weight excluding hydrogens is 474 g/mol. The van der Waals surface area contributed by atoms with E-state index < -0.39 is 22.1 Å². The third-order valence-corrected chi connectivity index (χ3v) is 7.80. The van der Waals surface area contributed by atoms with Crippen LogP contribution < -0.4 is 5.73 Å². The number of unbranched alkanes of at least 4 members (excludes halogenated alkanes) is 10. The lowest BCUT2D eigenvalue weighted by atomic mass is 9.95. The fraction of sp³-hybridized carbons (Fsp3) is 0.690. The number of primary amides is 1. The number of amides is 1. The molecule has 0 saturated heterocycles. The number of hydrogen-bond donors (Lipinski definition) is 1. The molecule has 2 N–H and O–H groups in total. The predicted octanol–water partition coefficient (Wildman–Crippen LogP) is 6.85. The van der Waals surface area contributed by atoms with E-state index in [2.05, 4.69) is 19.1 Å². The number of hydrogen-bond acceptors (Lipinski definition) is 5. The van der Waals surface area contributed by atoms with E-state index in [0.717, 1.165) is 37.7 Å². The second-order valence-electron chi connectivity index (χ2n) is 9.69. The summed E-state index contributed by atoms with van der Waals surface area (Å²) in [7, 11) is -3.82. The van der Waals surface area contributed by atoms with E-state index in [1.165, 1.54) is 57.1 Å². The van der Waals surface area contributed by atoms with Gasteiger partial charge >= 0.3 is 0 Å². The van der Waals surface area contributed by atoms with E-state index in [4.69, 9.17) is 14.7 Å². The molecule has 2 unspecified atom stereocenters. The maximum absolute atomic E-state index is 12.2. The van der Waals surface area contributed by atoms with Gasteiger partial charge in [-0.15, -0.1) is 0 Å². The molecule has 0 aliphatic heterocycles. The van der Waals surface area contributed by atoms with Crippen LogP contribution in [0.4, 0.5) is 0 Å². The first kappa shape index (κ1) is 32.3. The lowest BCUT2D eigenvalue weighted by molar-refractivity contribution is -0.127. The largest absolute Gasteiger partial charge is 0.375 e. The number of benzene rings is 1. The number of ether oxygens (including phenoxy) is 1. The summed E-state index contributed by atoms with van der Waals surface area (Å²) in [5.74, 6) is -0.774. The van der Waals surface area contributed by atoms with Crippen molar-refractivity contribution in [2.75, 3.05) is 13.2 Å². The average molecular weight is 524 g/mol. The summed E-state index contributed by atoms with van der Waals surface area (Å²) in [5, 5.41) is 0. The highest BCUT2D eigenvalue weighted by Gasteiger charge is 2.23. The van der Waals surface area contributed by atoms with E-state index in [1.54, 1.807) is 19.1 Å². The van der Waals surface area contributed by atoms with Gasteiger partial charge in [0.25, 0.3) is 10.1 Å². The van der Waals surface area contributed by atoms with Crippen molar-refractivity contribution < 1.29 is 22.1 Å². The standard InChI is InChI=1S/C29H49NO5S/c1-4-5-6-7-8-9-10-11-12-13-14-15-16-17-18-28(29(30)31)26(3)34-23-24-35-36(32,33)27-21-19-25(2)20-22-27/h11-12,19-22,26,28H,4-10,13-18,23-24H2,1-3H3,(H2,30,31). The van der Waals surface area contributed by atoms with Crippen molar-refractivity contribution in [2.45, 2.75) is 115 Å². The third-order valence-electron chi connectivity index (χ3n) is 6.47. The molecule has 0 spiro atoms. The van der Waals surface area contributed by atoms with Gasteiger partial charge in [-0.25, -0.2) is 0 Å². The molecule has 0 saturated carbocycles. The smallest absolute Gasteiger partial charge is 0.297 e. The van der Waals surface area contributed by atoms with Crippen LogP contribution in [0.25, 0.3) is 0 Å². The lowest BCUT2D eigenvalue weighted by Crippen LogP contribution is -2.34. The molecule has 1 aromatic rings. The normalized spacial score (nSPS) is 13.8. The van der Waals surface area contributed by atoms with Crippen molar-refractivity contribution >= 4 is 16.0 Å². The SMILES string of the molecule is CCCCCCCCC=CCCCCCCC(C(N)=O)C(C)OCCOS(=O)(=O)c1ccc(C)cc1. The maximum atomic E-state index is 12.2. The summed E-state index contributed by atoms with van der Waals surface area (Å²) in [6.07, 6.45) is 19.5. The monoisotopic (exact) mass is 523 g/mol. The molecule has 1 aromatic carbocycles. The molecular formula is C29H49NO5S. The second kappa shape index (κ2) is 19.4. The minimum Gasteiger partial charge on any atom is -0.375 e. The minimum absolute atomic E-state index is 0.0705. The van der Waals surface area contributed by atoms with Crippen molar-refractivity contribution in [2.24, 2.45) is 11.7 Å². The van der Waals surface area contributed by atoms with Crippen LogP contribution in [-0.2, 0) is 23.8 Å². The molecule has 36 heavy (non-hydrogen) atoms. The molecule has 2 atom stereocenters. The van der Waals surface area contributed by atoms with Crippen LogP contribution in [0.3, 0.4) is 0 Å². The molecule has 0 aliphatic rings. The van der Waals surface area contributed by atoms with Gasteiger partial charge in [-0.3, -0.25) is 8.98 Å². The number of carbonyl (C=O) groups excluding carboxylic acids is 1. The molecule has 0 bridgehead atoms. The van der Waals surface area contributed by atoms with Crippen molar-refractivity contribution in [3.63, 3.8) is 0 Å². The number of aryl methyl sites for hydroxylation is 1. The second-order valence-corrected chi connectivity index (χ2v) is 11.3. The Bertz CT molecular complexity index is 836. The first-order valence-corrected chi connectivity index (χ1v) is 15.2. The van der Waals surface area contributed by atoms with Crippen LogP contribution in [0.15, 0.2) is 41.3 Å². The number of nitrogens with two attached hydrogens (primary N) is 1. The summed E-state index contributed by atoms with van der Waals surface area (Å²) < 4.78 is 35.2. The quantitative estimate of drug-likeness (QED) is 0.102. The topological polar surface area (TPSA) is 95.7 Å². The molecule has 0 radical (unpaired) electrons. The summed E-state index contributed by atoms with van der Waals surface area (Å²) in [4.78, 5) is 12.0. The van der Waals surface area contributed by atoms with Gasteiger partial charge in [0.15, 0.2) is 0 Å². The van der Waals surface area contributed by atoms with Gasteiger partial charge in [0, 0.05) is 0 Å². The average Bonchev–Trinajstić information content (AvgIpc) is 2.84. The summed E-state index contributed by atoms with van der Waals surface area (Å²) in [6, 6.07) is 6.48. The van der Waals surface area contributed by atoms with Crippen LogP contribution >= 0.6 is 0 Å². The molecule has 7 heteroatoms. The molecule has 206 valence electrons. The highest BCUT2D eigenvalue weighted by molar-refractivity contribution is 7.86. The van der Waals surface area contributed by atoms with Crippen molar-refractivity contribution in [3.8, 4) is 0 Å². The van der Waals surface area contributed by atoms with E-state index >= 15 is 0 Å². The van der Waals surface area contributed by atoms with Gasteiger partial charge in [0.1, 0.15) is 0 Å². The molecule has 0 heterocycles. The number of allylic oxidation sites excluding steroid dienone is 2. The van der Waals surface area contributed by atoms with Gasteiger partial charge < -0.3 is 10.5 Å². The van der Waals surface area contributed by atoms with Crippen LogP contribution in [0.5, 0.6) is 0 Å². The molecule has 6 nitrogen and oxygen atoms in total. The Kier molecular flexibility index (Phi) is 17.4. The highest BCUT2D eigenvalue weighted by Crippen LogP contribution is 2.18. The fourth-order valence-electron chi connectivity index (χ4n) is 4.13. The van der Waals surface area contributed by atoms with Gasteiger partial charge in [-0.05, 0) is 58.1 Å². The predicted molar refractivity (Wildman–Crippen MR) is 147 cm³/mol. The summed E-state index contributed by atoms with van der Waals surface area (Å²) >= 11 is 0. The number of rotatable bonds is 22. The fourth-order valence-corrected chi connectivity index (χ4v) is 5.03. The molecule has 0 aliphatic carbocycles. The van der Waals surface area contributed by atoms with E-state index in [9.17, 15) is 13.2 Å². The van der Waals surface area contributed by atoms with Crippen molar-refractivity contribution in [1.82, 2.24) is 0 Å². The first-order chi connectivity index (χ1) is 17.3.